The summed E-state index contributed by atoms with van der Waals surface area (Å²) in [7, 11) is 0. The fraction of sp³-hybridized carbons (Fsp3) is 0.850. The Morgan fingerprint density at radius 1 is 0.952 bits per heavy atom. The summed E-state index contributed by atoms with van der Waals surface area (Å²) < 4.78 is 0. The fourth-order valence-electron chi connectivity index (χ4n) is 4.41. The van der Waals surface area contributed by atoms with Crippen molar-refractivity contribution in [1.82, 2.24) is 0 Å². The molecule has 0 bridgehead atoms. The Labute approximate surface area is 132 Å². The third-order valence-electron chi connectivity index (χ3n) is 5.70. The van der Waals surface area contributed by atoms with Crippen LogP contribution in [0, 0.1) is 23.7 Å². The highest BCUT2D eigenvalue weighted by molar-refractivity contribution is 5.72. The summed E-state index contributed by atoms with van der Waals surface area (Å²) in [6.45, 7) is 10.2. The minimum absolute atomic E-state index is 0.491. The molecular weight excluding hydrogens is 256 g/mol. The third kappa shape index (κ3) is 5.60. The van der Waals surface area contributed by atoms with Gasteiger partial charge < -0.3 is 0 Å². The van der Waals surface area contributed by atoms with E-state index in [0.717, 1.165) is 29.6 Å². The number of allylic oxidation sites excluding steroid dienone is 1. The SMILES string of the molecule is C=C(C=O)C1CCC(C2CCC(CCC)CC2)CC1.CC. The monoisotopic (exact) mass is 292 g/mol. The largest absolute Gasteiger partial charge is 0.298 e. The van der Waals surface area contributed by atoms with E-state index in [1.807, 2.05) is 13.8 Å². The summed E-state index contributed by atoms with van der Waals surface area (Å²) in [5, 5.41) is 0. The van der Waals surface area contributed by atoms with Crippen LogP contribution < -0.4 is 0 Å². The van der Waals surface area contributed by atoms with Crippen LogP contribution in [0.2, 0.25) is 0 Å². The van der Waals surface area contributed by atoms with Crippen molar-refractivity contribution in [2.75, 3.05) is 0 Å². The van der Waals surface area contributed by atoms with Crippen LogP contribution in [0.15, 0.2) is 12.2 Å². The van der Waals surface area contributed by atoms with Gasteiger partial charge in [0.1, 0.15) is 6.29 Å². The maximum Gasteiger partial charge on any atom is 0.145 e. The van der Waals surface area contributed by atoms with E-state index in [1.165, 1.54) is 64.2 Å². The van der Waals surface area contributed by atoms with Crippen LogP contribution in [-0.4, -0.2) is 6.29 Å². The first-order valence-corrected chi connectivity index (χ1v) is 9.38. The molecule has 21 heavy (non-hydrogen) atoms. The van der Waals surface area contributed by atoms with E-state index in [1.54, 1.807) is 0 Å². The Kier molecular flexibility index (Phi) is 8.96. The van der Waals surface area contributed by atoms with Gasteiger partial charge in [-0.2, -0.15) is 0 Å². The summed E-state index contributed by atoms with van der Waals surface area (Å²) in [6.07, 6.45) is 14.7. The first kappa shape index (κ1) is 18.5. The van der Waals surface area contributed by atoms with Crippen molar-refractivity contribution in [3.8, 4) is 0 Å². The Balaban J connectivity index is 0.00000106. The van der Waals surface area contributed by atoms with Gasteiger partial charge in [0.25, 0.3) is 0 Å². The van der Waals surface area contributed by atoms with Gasteiger partial charge in [-0.1, -0.05) is 53.0 Å². The normalized spacial score (nSPS) is 32.7. The van der Waals surface area contributed by atoms with Crippen molar-refractivity contribution in [1.29, 1.82) is 0 Å². The molecule has 0 heterocycles. The second-order valence-electron chi connectivity index (χ2n) is 6.87. The van der Waals surface area contributed by atoms with Crippen molar-refractivity contribution in [2.45, 2.75) is 85.0 Å². The zero-order valence-electron chi connectivity index (χ0n) is 14.6. The molecule has 0 saturated heterocycles. The number of rotatable bonds is 5. The molecule has 0 N–H and O–H groups in total. The van der Waals surface area contributed by atoms with Crippen LogP contribution in [0.1, 0.15) is 85.0 Å². The molecule has 1 nitrogen and oxygen atoms in total. The van der Waals surface area contributed by atoms with Gasteiger partial charge in [0, 0.05) is 0 Å². The van der Waals surface area contributed by atoms with E-state index in [9.17, 15) is 4.79 Å². The van der Waals surface area contributed by atoms with Crippen molar-refractivity contribution in [3.05, 3.63) is 12.2 Å². The van der Waals surface area contributed by atoms with E-state index in [2.05, 4.69) is 13.5 Å². The van der Waals surface area contributed by atoms with Gasteiger partial charge in [-0.05, 0) is 67.8 Å². The lowest BCUT2D eigenvalue weighted by molar-refractivity contribution is -0.105. The maximum absolute atomic E-state index is 10.8. The molecule has 0 aliphatic heterocycles. The predicted octanol–water partition coefficient (Wildman–Crippen LogP) is 6.18. The molecular formula is C20H36O. The molecule has 0 radical (unpaired) electrons. The van der Waals surface area contributed by atoms with Crippen LogP contribution in [0.4, 0.5) is 0 Å². The second kappa shape index (κ2) is 10.2. The van der Waals surface area contributed by atoms with Gasteiger partial charge in [0.2, 0.25) is 0 Å². The summed E-state index contributed by atoms with van der Waals surface area (Å²) >= 11 is 0. The molecule has 0 aromatic heterocycles. The molecule has 0 aromatic carbocycles. The number of hydrogen-bond acceptors (Lipinski definition) is 1. The van der Waals surface area contributed by atoms with Gasteiger partial charge in [-0.25, -0.2) is 0 Å². The van der Waals surface area contributed by atoms with E-state index in [-0.39, 0.29) is 0 Å². The summed E-state index contributed by atoms with van der Waals surface area (Å²) in [5.41, 5.74) is 0.838. The van der Waals surface area contributed by atoms with Crippen LogP contribution in [-0.2, 0) is 4.79 Å². The van der Waals surface area contributed by atoms with Crippen molar-refractivity contribution >= 4 is 6.29 Å². The Morgan fingerprint density at radius 3 is 1.86 bits per heavy atom. The summed E-state index contributed by atoms with van der Waals surface area (Å²) in [5.74, 6) is 3.44. The molecule has 2 aliphatic carbocycles. The molecule has 0 atom stereocenters. The first-order chi connectivity index (χ1) is 10.2. The highest BCUT2D eigenvalue weighted by atomic mass is 16.1. The average molecular weight is 293 g/mol. The number of aldehydes is 1. The van der Waals surface area contributed by atoms with E-state index in [0.29, 0.717) is 5.92 Å². The molecule has 0 amide bonds. The minimum Gasteiger partial charge on any atom is -0.298 e. The number of hydrogen-bond donors (Lipinski definition) is 0. The molecule has 0 aromatic rings. The van der Waals surface area contributed by atoms with Crippen molar-refractivity contribution < 1.29 is 4.79 Å². The summed E-state index contributed by atoms with van der Waals surface area (Å²) in [6, 6.07) is 0. The minimum atomic E-state index is 0.491. The Morgan fingerprint density at radius 2 is 1.43 bits per heavy atom. The Bertz CT molecular complexity index is 291. The second-order valence-corrected chi connectivity index (χ2v) is 6.87. The van der Waals surface area contributed by atoms with Crippen LogP contribution in [0.5, 0.6) is 0 Å². The molecule has 2 aliphatic rings. The number of carbonyl (C=O) groups is 1. The van der Waals surface area contributed by atoms with E-state index in [4.69, 9.17) is 0 Å². The highest BCUT2D eigenvalue weighted by Crippen LogP contribution is 2.43. The van der Waals surface area contributed by atoms with Gasteiger partial charge in [0.15, 0.2) is 0 Å². The van der Waals surface area contributed by atoms with Gasteiger partial charge >= 0.3 is 0 Å². The first-order valence-electron chi connectivity index (χ1n) is 9.38. The smallest absolute Gasteiger partial charge is 0.145 e. The molecule has 0 unspecified atom stereocenters. The maximum atomic E-state index is 10.8. The van der Waals surface area contributed by atoms with E-state index < -0.39 is 0 Å². The van der Waals surface area contributed by atoms with Gasteiger partial charge in [-0.3, -0.25) is 4.79 Å². The lowest BCUT2D eigenvalue weighted by Crippen LogP contribution is -2.26. The molecule has 1 heteroatoms. The summed E-state index contributed by atoms with van der Waals surface area (Å²) in [4.78, 5) is 10.8. The molecule has 2 rings (SSSR count). The molecule has 0 spiro atoms. The topological polar surface area (TPSA) is 17.1 Å². The van der Waals surface area contributed by atoms with Crippen LogP contribution in [0.25, 0.3) is 0 Å². The van der Waals surface area contributed by atoms with Crippen molar-refractivity contribution in [2.24, 2.45) is 23.7 Å². The highest BCUT2D eigenvalue weighted by Gasteiger charge is 2.31. The van der Waals surface area contributed by atoms with Crippen LogP contribution >= 0.6 is 0 Å². The lowest BCUT2D eigenvalue weighted by Gasteiger charge is -2.37. The molecule has 2 fully saturated rings. The van der Waals surface area contributed by atoms with Crippen molar-refractivity contribution in [3.63, 3.8) is 0 Å². The third-order valence-corrected chi connectivity index (χ3v) is 5.70. The zero-order valence-corrected chi connectivity index (χ0v) is 14.6. The Hall–Kier alpha value is -0.590. The average Bonchev–Trinajstić information content (AvgIpc) is 2.57. The zero-order chi connectivity index (χ0) is 15.7. The molecule has 2 saturated carbocycles. The number of carbonyl (C=O) groups excluding carboxylic acids is 1. The van der Waals surface area contributed by atoms with Gasteiger partial charge in [-0.15, -0.1) is 0 Å². The fourth-order valence-corrected chi connectivity index (χ4v) is 4.41. The standard InChI is InChI=1S/C18H30O.C2H6/c1-3-4-15-5-7-17(8-6-15)18-11-9-16(10-12-18)14(2)13-19;1-2/h13,15-18H,2-12H2,1H3;1-2H3. The lowest BCUT2D eigenvalue weighted by atomic mass is 9.68. The molecule has 122 valence electrons. The quantitative estimate of drug-likeness (QED) is 0.437. The predicted molar refractivity (Wildman–Crippen MR) is 92.4 cm³/mol. The van der Waals surface area contributed by atoms with Gasteiger partial charge in [0.05, 0.1) is 0 Å². The van der Waals surface area contributed by atoms with E-state index >= 15 is 0 Å². The van der Waals surface area contributed by atoms with Crippen LogP contribution in [0.3, 0.4) is 0 Å².